The summed E-state index contributed by atoms with van der Waals surface area (Å²) >= 11 is 0. The van der Waals surface area contributed by atoms with Crippen LogP contribution in [0.3, 0.4) is 0 Å². The quantitative estimate of drug-likeness (QED) is 0.725. The molecule has 4 heteroatoms. The Morgan fingerprint density at radius 1 is 1.19 bits per heavy atom. The van der Waals surface area contributed by atoms with Gasteiger partial charge in [0.15, 0.2) is 0 Å². The molecular weight excluding hydrogens is 262 g/mol. The number of aliphatic hydroxyl groups excluding tert-OH is 1. The normalized spacial score (nSPS) is 20.8. The maximum Gasteiger partial charge on any atom is 0.135 e. The number of imidazole rings is 1. The summed E-state index contributed by atoms with van der Waals surface area (Å²) in [5.41, 5.74) is 9.79. The average molecular weight is 279 g/mol. The minimum Gasteiger partial charge on any atom is -0.399 e. The van der Waals surface area contributed by atoms with E-state index in [2.05, 4.69) is 33.8 Å². The third-order valence-corrected chi connectivity index (χ3v) is 4.24. The van der Waals surface area contributed by atoms with Gasteiger partial charge < -0.3 is 15.4 Å². The van der Waals surface area contributed by atoms with Gasteiger partial charge in [0.05, 0.1) is 11.0 Å². The van der Waals surface area contributed by atoms with Gasteiger partial charge in [0.2, 0.25) is 0 Å². The van der Waals surface area contributed by atoms with Crippen LogP contribution >= 0.6 is 0 Å². The number of rotatable bonds is 3. The van der Waals surface area contributed by atoms with Gasteiger partial charge in [-0.05, 0) is 30.2 Å². The Kier molecular flexibility index (Phi) is 2.72. The lowest BCUT2D eigenvalue weighted by molar-refractivity contribution is 0.265. The molecule has 0 saturated heterocycles. The number of anilines is 1. The molecule has 2 aromatic carbocycles. The van der Waals surface area contributed by atoms with Crippen LogP contribution in [0.25, 0.3) is 11.0 Å². The SMILES string of the molecule is Nc1ccc2c(c1)nc(CO)n2C1CC1c1ccccc1. The number of benzene rings is 2. The first kappa shape index (κ1) is 12.4. The van der Waals surface area contributed by atoms with Crippen LogP contribution in [0, 0.1) is 0 Å². The highest BCUT2D eigenvalue weighted by atomic mass is 16.3. The van der Waals surface area contributed by atoms with E-state index in [1.54, 1.807) is 0 Å². The van der Waals surface area contributed by atoms with Crippen molar-refractivity contribution in [3.63, 3.8) is 0 Å². The molecule has 0 spiro atoms. The van der Waals surface area contributed by atoms with Crippen LogP contribution < -0.4 is 5.73 Å². The summed E-state index contributed by atoms with van der Waals surface area (Å²) in [4.78, 5) is 4.51. The van der Waals surface area contributed by atoms with Gasteiger partial charge in [0.25, 0.3) is 0 Å². The Hall–Kier alpha value is -2.33. The summed E-state index contributed by atoms with van der Waals surface area (Å²) in [6.45, 7) is -0.0490. The van der Waals surface area contributed by atoms with Gasteiger partial charge >= 0.3 is 0 Å². The Balaban J connectivity index is 1.77. The number of hydrogen-bond acceptors (Lipinski definition) is 3. The molecule has 1 aromatic heterocycles. The molecule has 0 bridgehead atoms. The van der Waals surface area contributed by atoms with Crippen LogP contribution in [0.4, 0.5) is 5.69 Å². The van der Waals surface area contributed by atoms with Crippen molar-refractivity contribution in [3.05, 3.63) is 59.9 Å². The van der Waals surface area contributed by atoms with Gasteiger partial charge in [-0.25, -0.2) is 4.98 Å². The number of nitrogens with zero attached hydrogens (tertiary/aromatic N) is 2. The van der Waals surface area contributed by atoms with Crippen molar-refractivity contribution >= 4 is 16.7 Å². The molecular formula is C17H17N3O. The summed E-state index contributed by atoms with van der Waals surface area (Å²) in [5, 5.41) is 9.61. The molecule has 3 N–H and O–H groups in total. The smallest absolute Gasteiger partial charge is 0.135 e. The van der Waals surface area contributed by atoms with Crippen molar-refractivity contribution in [2.24, 2.45) is 0 Å². The van der Waals surface area contributed by atoms with Gasteiger partial charge in [-0.2, -0.15) is 0 Å². The molecule has 0 radical (unpaired) electrons. The highest BCUT2D eigenvalue weighted by Gasteiger charge is 2.41. The van der Waals surface area contributed by atoms with Gasteiger partial charge in [-0.3, -0.25) is 0 Å². The zero-order chi connectivity index (χ0) is 14.4. The number of aliphatic hydroxyl groups is 1. The fourth-order valence-electron chi connectivity index (χ4n) is 3.17. The molecule has 1 saturated carbocycles. The summed E-state index contributed by atoms with van der Waals surface area (Å²) in [6.07, 6.45) is 1.09. The first-order valence-corrected chi connectivity index (χ1v) is 7.20. The minimum absolute atomic E-state index is 0.0490. The van der Waals surface area contributed by atoms with Crippen molar-refractivity contribution in [2.75, 3.05) is 5.73 Å². The topological polar surface area (TPSA) is 64.1 Å². The van der Waals surface area contributed by atoms with Crippen LogP contribution in [-0.2, 0) is 6.61 Å². The van der Waals surface area contributed by atoms with Crippen molar-refractivity contribution < 1.29 is 5.11 Å². The molecule has 2 atom stereocenters. The summed E-state index contributed by atoms with van der Waals surface area (Å²) in [5.74, 6) is 1.23. The third-order valence-electron chi connectivity index (χ3n) is 4.24. The minimum atomic E-state index is -0.0490. The molecule has 21 heavy (non-hydrogen) atoms. The van der Waals surface area contributed by atoms with Crippen LogP contribution in [0.15, 0.2) is 48.5 Å². The molecule has 4 nitrogen and oxygen atoms in total. The fourth-order valence-corrected chi connectivity index (χ4v) is 3.17. The molecule has 0 amide bonds. The lowest BCUT2D eigenvalue weighted by Gasteiger charge is -2.08. The van der Waals surface area contributed by atoms with Gasteiger partial charge in [0, 0.05) is 17.6 Å². The molecule has 1 aliphatic carbocycles. The average Bonchev–Trinajstić information content (AvgIpc) is 3.22. The molecule has 1 fully saturated rings. The highest BCUT2D eigenvalue weighted by Crippen LogP contribution is 2.52. The Morgan fingerprint density at radius 3 is 2.76 bits per heavy atom. The van der Waals surface area contributed by atoms with Crippen LogP contribution in [-0.4, -0.2) is 14.7 Å². The van der Waals surface area contributed by atoms with E-state index in [0.717, 1.165) is 23.3 Å². The predicted molar refractivity (Wildman–Crippen MR) is 82.9 cm³/mol. The van der Waals surface area contributed by atoms with Crippen LogP contribution in [0.5, 0.6) is 0 Å². The third kappa shape index (κ3) is 1.99. The van der Waals surface area contributed by atoms with Crippen molar-refractivity contribution in [3.8, 4) is 0 Å². The van der Waals surface area contributed by atoms with Crippen LogP contribution in [0.2, 0.25) is 0 Å². The van der Waals surface area contributed by atoms with E-state index in [0.29, 0.717) is 17.6 Å². The fraction of sp³-hybridized carbons (Fsp3) is 0.235. The first-order chi connectivity index (χ1) is 10.3. The standard InChI is InChI=1S/C17H17N3O/c18-12-6-7-15-14(8-12)19-17(10-21)20(15)16-9-13(16)11-4-2-1-3-5-11/h1-8,13,16,21H,9-10,18H2. The zero-order valence-corrected chi connectivity index (χ0v) is 11.6. The second kappa shape index (κ2) is 4.60. The predicted octanol–water partition coefficient (Wildman–Crippen LogP) is 2.84. The Bertz CT molecular complexity index is 794. The van der Waals surface area contributed by atoms with E-state index in [9.17, 15) is 5.11 Å². The molecule has 1 heterocycles. The summed E-state index contributed by atoms with van der Waals surface area (Å²) in [6, 6.07) is 16.7. The highest BCUT2D eigenvalue weighted by molar-refractivity contribution is 5.80. The Labute approximate surface area is 122 Å². The largest absolute Gasteiger partial charge is 0.399 e. The van der Waals surface area contributed by atoms with Crippen molar-refractivity contribution in [1.29, 1.82) is 0 Å². The number of nitrogen functional groups attached to an aromatic ring is 1. The lowest BCUT2D eigenvalue weighted by Crippen LogP contribution is -2.02. The van der Waals surface area contributed by atoms with Gasteiger partial charge in [-0.1, -0.05) is 30.3 Å². The van der Waals surface area contributed by atoms with Gasteiger partial charge in [0.1, 0.15) is 12.4 Å². The molecule has 106 valence electrons. The van der Waals surface area contributed by atoms with E-state index in [1.165, 1.54) is 5.56 Å². The molecule has 3 aromatic rings. The first-order valence-electron chi connectivity index (χ1n) is 7.20. The van der Waals surface area contributed by atoms with E-state index in [4.69, 9.17) is 5.73 Å². The van der Waals surface area contributed by atoms with E-state index in [-0.39, 0.29) is 6.61 Å². The lowest BCUT2D eigenvalue weighted by atomic mass is 10.1. The van der Waals surface area contributed by atoms with Crippen molar-refractivity contribution in [1.82, 2.24) is 9.55 Å². The van der Waals surface area contributed by atoms with E-state index in [1.807, 2.05) is 24.3 Å². The molecule has 2 unspecified atom stereocenters. The monoisotopic (exact) mass is 279 g/mol. The summed E-state index contributed by atoms with van der Waals surface area (Å²) < 4.78 is 2.17. The number of nitrogens with two attached hydrogens (primary N) is 1. The maximum absolute atomic E-state index is 9.61. The number of hydrogen-bond donors (Lipinski definition) is 2. The molecule has 1 aliphatic rings. The molecule has 0 aliphatic heterocycles. The number of aromatic nitrogens is 2. The van der Waals surface area contributed by atoms with E-state index < -0.39 is 0 Å². The second-order valence-electron chi connectivity index (χ2n) is 5.62. The Morgan fingerprint density at radius 2 is 2.00 bits per heavy atom. The molecule has 4 rings (SSSR count). The second-order valence-corrected chi connectivity index (χ2v) is 5.62. The number of fused-ring (bicyclic) bond motifs is 1. The van der Waals surface area contributed by atoms with E-state index >= 15 is 0 Å². The maximum atomic E-state index is 9.61. The zero-order valence-electron chi connectivity index (χ0n) is 11.6. The van der Waals surface area contributed by atoms with Crippen molar-refractivity contribution in [2.45, 2.75) is 25.0 Å². The van der Waals surface area contributed by atoms with Gasteiger partial charge in [-0.15, -0.1) is 0 Å². The summed E-state index contributed by atoms with van der Waals surface area (Å²) in [7, 11) is 0. The van der Waals surface area contributed by atoms with Crippen LogP contribution in [0.1, 0.15) is 29.8 Å².